The molecule has 0 bridgehead atoms. The lowest BCUT2D eigenvalue weighted by Gasteiger charge is -2.37. The van der Waals surface area contributed by atoms with Crippen molar-refractivity contribution in [3.8, 4) is 0 Å². The SMILES string of the molecule is CN=C(NCCc1ccc(C)nc1)N1CCN(c2ccccc2F)CC1.I. The van der Waals surface area contributed by atoms with Crippen molar-refractivity contribution in [2.75, 3.05) is 44.7 Å². The highest BCUT2D eigenvalue weighted by molar-refractivity contribution is 14.0. The smallest absolute Gasteiger partial charge is 0.193 e. The van der Waals surface area contributed by atoms with Crippen LogP contribution in [0.25, 0.3) is 0 Å². The van der Waals surface area contributed by atoms with E-state index in [0.29, 0.717) is 5.69 Å². The van der Waals surface area contributed by atoms with E-state index < -0.39 is 0 Å². The van der Waals surface area contributed by atoms with Gasteiger partial charge in [-0.2, -0.15) is 0 Å². The minimum Gasteiger partial charge on any atom is -0.366 e. The van der Waals surface area contributed by atoms with Crippen LogP contribution in [0.2, 0.25) is 0 Å². The van der Waals surface area contributed by atoms with Crippen molar-refractivity contribution < 1.29 is 4.39 Å². The third-order valence-corrected chi connectivity index (χ3v) is 4.65. The van der Waals surface area contributed by atoms with E-state index in [1.54, 1.807) is 13.1 Å². The van der Waals surface area contributed by atoms with Crippen LogP contribution in [0.5, 0.6) is 0 Å². The number of para-hydroxylation sites is 1. The number of anilines is 1. The van der Waals surface area contributed by atoms with E-state index in [0.717, 1.165) is 50.8 Å². The van der Waals surface area contributed by atoms with Crippen LogP contribution < -0.4 is 10.2 Å². The number of benzene rings is 1. The van der Waals surface area contributed by atoms with Gasteiger partial charge in [-0.25, -0.2) is 4.39 Å². The minimum atomic E-state index is -0.157. The molecule has 0 amide bonds. The van der Waals surface area contributed by atoms with Crippen LogP contribution in [0.15, 0.2) is 47.6 Å². The van der Waals surface area contributed by atoms with Gasteiger partial charge in [-0.1, -0.05) is 18.2 Å². The molecule has 0 atom stereocenters. The predicted octanol–water partition coefficient (Wildman–Crippen LogP) is 3.09. The number of halogens is 2. The Labute approximate surface area is 177 Å². The quantitative estimate of drug-likeness (QED) is 0.413. The lowest BCUT2D eigenvalue weighted by molar-refractivity contribution is 0.371. The fourth-order valence-corrected chi connectivity index (χ4v) is 3.16. The summed E-state index contributed by atoms with van der Waals surface area (Å²) in [6.07, 6.45) is 2.83. The highest BCUT2D eigenvalue weighted by Gasteiger charge is 2.21. The van der Waals surface area contributed by atoms with Crippen LogP contribution >= 0.6 is 24.0 Å². The van der Waals surface area contributed by atoms with E-state index >= 15 is 0 Å². The zero-order chi connectivity index (χ0) is 18.4. The van der Waals surface area contributed by atoms with Gasteiger partial charge in [0.15, 0.2) is 5.96 Å². The Hall–Kier alpha value is -1.90. The summed E-state index contributed by atoms with van der Waals surface area (Å²) in [7, 11) is 1.80. The molecular formula is C20H27FIN5. The first-order valence-corrected chi connectivity index (χ1v) is 9.04. The molecule has 5 nitrogen and oxygen atoms in total. The van der Waals surface area contributed by atoms with E-state index in [9.17, 15) is 4.39 Å². The van der Waals surface area contributed by atoms with Crippen molar-refractivity contribution in [3.63, 3.8) is 0 Å². The lowest BCUT2D eigenvalue weighted by Crippen LogP contribution is -2.53. The van der Waals surface area contributed by atoms with E-state index in [2.05, 4.69) is 31.2 Å². The molecule has 7 heteroatoms. The molecule has 1 aliphatic heterocycles. The summed E-state index contributed by atoms with van der Waals surface area (Å²) in [6.45, 7) is 6.00. The van der Waals surface area contributed by atoms with Gasteiger partial charge in [0.1, 0.15) is 5.82 Å². The van der Waals surface area contributed by atoms with Crippen LogP contribution in [0.3, 0.4) is 0 Å². The van der Waals surface area contributed by atoms with Gasteiger partial charge in [-0.05, 0) is 37.1 Å². The largest absolute Gasteiger partial charge is 0.366 e. The van der Waals surface area contributed by atoms with Gasteiger partial charge >= 0.3 is 0 Å². The number of hydrogen-bond acceptors (Lipinski definition) is 3. The maximum atomic E-state index is 14.0. The second-order valence-corrected chi connectivity index (χ2v) is 6.46. The maximum absolute atomic E-state index is 14.0. The summed E-state index contributed by atoms with van der Waals surface area (Å²) >= 11 is 0. The zero-order valence-corrected chi connectivity index (χ0v) is 18.2. The molecule has 0 unspecified atom stereocenters. The normalized spacial score (nSPS) is 14.7. The molecule has 1 aliphatic rings. The standard InChI is InChI=1S/C20H26FN5.HI/c1-16-7-8-17(15-24-16)9-10-23-20(22-2)26-13-11-25(12-14-26)19-6-4-3-5-18(19)21;/h3-8,15H,9-14H2,1-2H3,(H,22,23);1H. The monoisotopic (exact) mass is 483 g/mol. The molecule has 1 aromatic heterocycles. The van der Waals surface area contributed by atoms with E-state index in [1.165, 1.54) is 11.6 Å². The van der Waals surface area contributed by atoms with Crippen molar-refractivity contribution in [1.82, 2.24) is 15.2 Å². The minimum absolute atomic E-state index is 0. The first kappa shape index (κ1) is 21.4. The maximum Gasteiger partial charge on any atom is 0.193 e. The van der Waals surface area contributed by atoms with Gasteiger partial charge in [0.25, 0.3) is 0 Å². The molecule has 3 rings (SSSR count). The molecule has 146 valence electrons. The Balaban J connectivity index is 0.00000261. The number of aliphatic imine (C=N–C) groups is 1. The molecule has 0 radical (unpaired) electrons. The van der Waals surface area contributed by atoms with Gasteiger partial charge < -0.3 is 15.1 Å². The molecular weight excluding hydrogens is 456 g/mol. The van der Waals surface area contributed by atoms with Gasteiger partial charge in [-0.15, -0.1) is 24.0 Å². The molecule has 27 heavy (non-hydrogen) atoms. The van der Waals surface area contributed by atoms with Crippen molar-refractivity contribution >= 4 is 35.6 Å². The van der Waals surface area contributed by atoms with Crippen molar-refractivity contribution in [2.45, 2.75) is 13.3 Å². The third-order valence-electron chi connectivity index (χ3n) is 4.65. The number of rotatable bonds is 4. The summed E-state index contributed by atoms with van der Waals surface area (Å²) < 4.78 is 14.0. The second kappa shape index (κ2) is 10.4. The van der Waals surface area contributed by atoms with Crippen molar-refractivity contribution in [1.29, 1.82) is 0 Å². The molecule has 1 fully saturated rings. The van der Waals surface area contributed by atoms with Crippen molar-refractivity contribution in [3.05, 3.63) is 59.7 Å². The first-order chi connectivity index (χ1) is 12.7. The zero-order valence-electron chi connectivity index (χ0n) is 15.9. The summed E-state index contributed by atoms with van der Waals surface area (Å²) in [5.41, 5.74) is 2.93. The number of nitrogens with one attached hydrogen (secondary N) is 1. The van der Waals surface area contributed by atoms with Gasteiger partial charge in [0.2, 0.25) is 0 Å². The number of aryl methyl sites for hydroxylation is 1. The van der Waals surface area contributed by atoms with Crippen molar-refractivity contribution in [2.24, 2.45) is 4.99 Å². The summed E-state index contributed by atoms with van der Waals surface area (Å²) in [5.74, 6) is 0.744. The Morgan fingerprint density at radius 2 is 1.89 bits per heavy atom. The molecule has 1 aromatic carbocycles. The molecule has 0 aliphatic carbocycles. The number of aromatic nitrogens is 1. The van der Waals surface area contributed by atoms with E-state index in [1.807, 2.05) is 31.3 Å². The Morgan fingerprint density at radius 1 is 1.15 bits per heavy atom. The second-order valence-electron chi connectivity index (χ2n) is 6.46. The number of piperazine rings is 1. The van der Waals surface area contributed by atoms with Crippen LogP contribution in [0, 0.1) is 12.7 Å². The number of hydrogen-bond donors (Lipinski definition) is 1. The van der Waals surface area contributed by atoms with Gasteiger partial charge in [0.05, 0.1) is 5.69 Å². The fraction of sp³-hybridized carbons (Fsp3) is 0.400. The lowest BCUT2D eigenvalue weighted by atomic mass is 10.2. The molecule has 2 aromatic rings. The van der Waals surface area contributed by atoms with Crippen LogP contribution in [0.1, 0.15) is 11.3 Å². The summed E-state index contributed by atoms with van der Waals surface area (Å²) in [6, 6.07) is 11.1. The highest BCUT2D eigenvalue weighted by Crippen LogP contribution is 2.20. The highest BCUT2D eigenvalue weighted by atomic mass is 127. The topological polar surface area (TPSA) is 43.8 Å². The fourth-order valence-electron chi connectivity index (χ4n) is 3.16. The van der Waals surface area contributed by atoms with Crippen LogP contribution in [-0.4, -0.2) is 55.6 Å². The van der Waals surface area contributed by atoms with Crippen LogP contribution in [0.4, 0.5) is 10.1 Å². The molecule has 2 heterocycles. The Morgan fingerprint density at radius 3 is 2.52 bits per heavy atom. The molecule has 1 N–H and O–H groups in total. The van der Waals surface area contributed by atoms with E-state index in [-0.39, 0.29) is 29.8 Å². The summed E-state index contributed by atoms with van der Waals surface area (Å²) in [5, 5.41) is 3.42. The third kappa shape index (κ3) is 5.79. The number of pyridine rings is 1. The molecule has 1 saturated heterocycles. The average Bonchev–Trinajstić information content (AvgIpc) is 2.67. The number of guanidine groups is 1. The average molecular weight is 483 g/mol. The number of nitrogens with zero attached hydrogens (tertiary/aromatic N) is 4. The van der Waals surface area contributed by atoms with E-state index in [4.69, 9.17) is 0 Å². The Bertz CT molecular complexity index is 742. The van der Waals surface area contributed by atoms with Gasteiger partial charge in [-0.3, -0.25) is 9.98 Å². The molecule has 0 spiro atoms. The van der Waals surface area contributed by atoms with Gasteiger partial charge in [0, 0.05) is 51.7 Å². The molecule has 0 saturated carbocycles. The summed E-state index contributed by atoms with van der Waals surface area (Å²) in [4.78, 5) is 13.0. The first-order valence-electron chi connectivity index (χ1n) is 9.04. The predicted molar refractivity (Wildman–Crippen MR) is 120 cm³/mol. The van der Waals surface area contributed by atoms with Crippen LogP contribution in [-0.2, 0) is 6.42 Å². The Kier molecular flexibility index (Phi) is 8.27.